The zero-order chi connectivity index (χ0) is 10.0. The minimum atomic E-state index is -0.123. The fraction of sp³-hybridized carbons (Fsp3) is 0.300. The van der Waals surface area contributed by atoms with E-state index in [-0.39, 0.29) is 11.6 Å². The van der Waals surface area contributed by atoms with Crippen molar-refractivity contribution in [2.75, 3.05) is 0 Å². The lowest BCUT2D eigenvalue weighted by Gasteiger charge is -2.01. The highest BCUT2D eigenvalue weighted by Crippen LogP contribution is 2.07. The van der Waals surface area contributed by atoms with Gasteiger partial charge in [-0.1, -0.05) is 6.07 Å². The Morgan fingerprint density at radius 1 is 1.15 bits per heavy atom. The molecule has 0 atom stereocenters. The van der Waals surface area contributed by atoms with Crippen LogP contribution in [0.25, 0.3) is 0 Å². The van der Waals surface area contributed by atoms with Gasteiger partial charge in [0.25, 0.3) is 0 Å². The van der Waals surface area contributed by atoms with E-state index < -0.39 is 0 Å². The molecule has 0 bridgehead atoms. The van der Waals surface area contributed by atoms with Crippen LogP contribution in [0.1, 0.15) is 40.4 Å². The second-order valence-corrected chi connectivity index (χ2v) is 2.97. The number of hydrogen-bond donors (Lipinski definition) is 0. The van der Waals surface area contributed by atoms with E-state index in [1.165, 1.54) is 13.8 Å². The molecule has 0 N–H and O–H groups in total. The molecule has 0 aliphatic carbocycles. The summed E-state index contributed by atoms with van der Waals surface area (Å²) in [4.78, 5) is 26.0. The summed E-state index contributed by atoms with van der Waals surface area (Å²) in [7, 11) is 0. The van der Waals surface area contributed by atoms with E-state index in [0.29, 0.717) is 11.4 Å². The van der Waals surface area contributed by atoms with E-state index in [9.17, 15) is 9.59 Å². The topological polar surface area (TPSA) is 47.0 Å². The van der Waals surface area contributed by atoms with E-state index in [4.69, 9.17) is 0 Å². The number of nitrogens with zero attached hydrogens (tertiary/aromatic N) is 1. The van der Waals surface area contributed by atoms with Gasteiger partial charge in [0.15, 0.2) is 11.6 Å². The fourth-order valence-corrected chi connectivity index (χ4v) is 1.08. The van der Waals surface area contributed by atoms with Gasteiger partial charge in [-0.2, -0.15) is 0 Å². The largest absolute Gasteiger partial charge is 0.293 e. The molecule has 1 rings (SSSR count). The third kappa shape index (κ3) is 1.99. The summed E-state index contributed by atoms with van der Waals surface area (Å²) in [6, 6.07) is 3.37. The van der Waals surface area contributed by atoms with Crippen molar-refractivity contribution < 1.29 is 9.59 Å². The molecule has 0 radical (unpaired) electrons. The van der Waals surface area contributed by atoms with Crippen LogP contribution in [0.4, 0.5) is 0 Å². The lowest BCUT2D eigenvalue weighted by molar-refractivity contribution is 0.100. The standard InChI is InChI=1S/C10H11NO2/c1-6-4-5-9(7(2)12)11-10(6)8(3)13/h4-5H,1-3H3. The number of pyridine rings is 1. The number of carbonyl (C=O) groups is 2. The monoisotopic (exact) mass is 177 g/mol. The smallest absolute Gasteiger partial charge is 0.178 e. The van der Waals surface area contributed by atoms with Crippen LogP contribution in [0.3, 0.4) is 0 Å². The third-order valence-electron chi connectivity index (χ3n) is 1.79. The SMILES string of the molecule is CC(=O)c1ccc(C)c(C(C)=O)n1. The molecule has 3 nitrogen and oxygen atoms in total. The van der Waals surface area contributed by atoms with Crippen molar-refractivity contribution in [2.45, 2.75) is 20.8 Å². The summed E-state index contributed by atoms with van der Waals surface area (Å²) in [5.74, 6) is -0.233. The summed E-state index contributed by atoms with van der Waals surface area (Å²) in [6.45, 7) is 4.68. The maximum absolute atomic E-state index is 11.1. The van der Waals surface area contributed by atoms with Gasteiger partial charge in [-0.05, 0) is 18.6 Å². The molecule has 0 unspecified atom stereocenters. The van der Waals surface area contributed by atoms with Crippen LogP contribution in [0.2, 0.25) is 0 Å². The van der Waals surface area contributed by atoms with E-state index in [1.54, 1.807) is 19.1 Å². The molecular formula is C10H11NO2. The lowest BCUT2D eigenvalue weighted by atomic mass is 10.1. The van der Waals surface area contributed by atoms with E-state index >= 15 is 0 Å². The Morgan fingerprint density at radius 3 is 2.23 bits per heavy atom. The molecular weight excluding hydrogens is 166 g/mol. The van der Waals surface area contributed by atoms with Crippen molar-refractivity contribution in [3.05, 3.63) is 29.1 Å². The van der Waals surface area contributed by atoms with Crippen LogP contribution >= 0.6 is 0 Å². The quantitative estimate of drug-likeness (QED) is 0.647. The Morgan fingerprint density at radius 2 is 1.77 bits per heavy atom. The van der Waals surface area contributed by atoms with Gasteiger partial charge in [-0.3, -0.25) is 9.59 Å². The summed E-state index contributed by atoms with van der Waals surface area (Å²) < 4.78 is 0. The molecule has 1 aromatic heterocycles. The number of aryl methyl sites for hydroxylation is 1. The lowest BCUT2D eigenvalue weighted by Crippen LogP contribution is -2.05. The predicted octanol–water partition coefficient (Wildman–Crippen LogP) is 1.80. The Labute approximate surface area is 76.8 Å². The normalized spacial score (nSPS) is 9.77. The van der Waals surface area contributed by atoms with Crippen molar-refractivity contribution in [1.82, 2.24) is 4.98 Å². The zero-order valence-electron chi connectivity index (χ0n) is 7.92. The van der Waals surface area contributed by atoms with Crippen molar-refractivity contribution in [2.24, 2.45) is 0 Å². The van der Waals surface area contributed by atoms with Crippen molar-refractivity contribution >= 4 is 11.6 Å². The van der Waals surface area contributed by atoms with Gasteiger partial charge < -0.3 is 0 Å². The van der Waals surface area contributed by atoms with Gasteiger partial charge in [-0.25, -0.2) is 4.98 Å². The molecule has 0 saturated carbocycles. The van der Waals surface area contributed by atoms with Gasteiger partial charge in [0, 0.05) is 13.8 Å². The van der Waals surface area contributed by atoms with Gasteiger partial charge in [0.1, 0.15) is 11.4 Å². The zero-order valence-corrected chi connectivity index (χ0v) is 7.92. The number of ketones is 2. The van der Waals surface area contributed by atoms with Gasteiger partial charge in [-0.15, -0.1) is 0 Å². The molecule has 0 aliphatic rings. The molecule has 1 aromatic rings. The Balaban J connectivity index is 3.27. The third-order valence-corrected chi connectivity index (χ3v) is 1.79. The number of aromatic nitrogens is 1. The summed E-state index contributed by atoms with van der Waals surface area (Å²) >= 11 is 0. The molecule has 0 aliphatic heterocycles. The first kappa shape index (κ1) is 9.58. The average molecular weight is 177 g/mol. The number of hydrogen-bond acceptors (Lipinski definition) is 3. The molecule has 13 heavy (non-hydrogen) atoms. The average Bonchev–Trinajstić information content (AvgIpc) is 2.04. The van der Waals surface area contributed by atoms with Crippen LogP contribution in [0, 0.1) is 6.92 Å². The summed E-state index contributed by atoms with van der Waals surface area (Å²) in [6.07, 6.45) is 0. The fourth-order valence-electron chi connectivity index (χ4n) is 1.08. The molecule has 0 amide bonds. The molecule has 0 fully saturated rings. The summed E-state index contributed by atoms with van der Waals surface area (Å²) in [5, 5.41) is 0. The van der Waals surface area contributed by atoms with Crippen LogP contribution in [0.5, 0.6) is 0 Å². The van der Waals surface area contributed by atoms with E-state index in [1.807, 2.05) is 0 Å². The van der Waals surface area contributed by atoms with Crippen LogP contribution < -0.4 is 0 Å². The predicted molar refractivity (Wildman–Crippen MR) is 49.0 cm³/mol. The first-order chi connectivity index (χ1) is 6.02. The highest BCUT2D eigenvalue weighted by atomic mass is 16.1. The van der Waals surface area contributed by atoms with Crippen LogP contribution in [-0.4, -0.2) is 16.6 Å². The maximum Gasteiger partial charge on any atom is 0.178 e. The number of carbonyl (C=O) groups excluding carboxylic acids is 2. The molecule has 0 spiro atoms. The maximum atomic E-state index is 11.1. The number of Topliss-reactive ketones (excluding diaryl/α,β-unsaturated/α-hetero) is 2. The Hall–Kier alpha value is -1.51. The minimum absolute atomic E-state index is 0.111. The van der Waals surface area contributed by atoms with Gasteiger partial charge in [0.2, 0.25) is 0 Å². The Bertz CT molecular complexity index is 369. The molecule has 0 saturated heterocycles. The molecule has 68 valence electrons. The van der Waals surface area contributed by atoms with Gasteiger partial charge >= 0.3 is 0 Å². The van der Waals surface area contributed by atoms with Crippen molar-refractivity contribution in [3.8, 4) is 0 Å². The molecule has 0 aromatic carbocycles. The highest BCUT2D eigenvalue weighted by molar-refractivity contribution is 5.97. The molecule has 3 heteroatoms. The number of rotatable bonds is 2. The highest BCUT2D eigenvalue weighted by Gasteiger charge is 2.08. The van der Waals surface area contributed by atoms with E-state index in [2.05, 4.69) is 4.98 Å². The summed E-state index contributed by atoms with van der Waals surface area (Å²) in [5.41, 5.74) is 1.53. The second kappa shape index (κ2) is 3.47. The van der Waals surface area contributed by atoms with Gasteiger partial charge in [0.05, 0.1) is 0 Å². The molecule has 1 heterocycles. The first-order valence-electron chi connectivity index (χ1n) is 4.02. The minimum Gasteiger partial charge on any atom is -0.293 e. The first-order valence-corrected chi connectivity index (χ1v) is 4.02. The van der Waals surface area contributed by atoms with Crippen LogP contribution in [-0.2, 0) is 0 Å². The van der Waals surface area contributed by atoms with Crippen LogP contribution in [0.15, 0.2) is 12.1 Å². The van der Waals surface area contributed by atoms with Crippen molar-refractivity contribution in [3.63, 3.8) is 0 Å². The van der Waals surface area contributed by atoms with Crippen molar-refractivity contribution in [1.29, 1.82) is 0 Å². The Kier molecular flexibility index (Phi) is 2.56. The van der Waals surface area contributed by atoms with E-state index in [0.717, 1.165) is 5.56 Å². The second-order valence-electron chi connectivity index (χ2n) is 2.97.